The normalized spacial score (nSPS) is 24.7. The zero-order chi connectivity index (χ0) is 11.6. The largest absolute Gasteiger partial charge is 0.386 e. The van der Waals surface area contributed by atoms with E-state index in [0.29, 0.717) is 26.2 Å². The maximum atomic E-state index is 10.1. The van der Waals surface area contributed by atoms with E-state index in [4.69, 9.17) is 4.74 Å². The number of aryl methyl sites for hydroxylation is 2. The van der Waals surface area contributed by atoms with Gasteiger partial charge in [0, 0.05) is 25.8 Å². The Kier molecular flexibility index (Phi) is 3.07. The van der Waals surface area contributed by atoms with Crippen molar-refractivity contribution < 1.29 is 9.84 Å². The lowest BCUT2D eigenvalue weighted by Gasteiger charge is -2.21. The second-order valence-corrected chi connectivity index (χ2v) is 4.33. The van der Waals surface area contributed by atoms with Gasteiger partial charge in [-0.25, -0.2) is 4.98 Å². The minimum absolute atomic E-state index is 0.387. The minimum atomic E-state index is -0.766. The van der Waals surface area contributed by atoms with E-state index < -0.39 is 5.60 Å². The molecule has 5 nitrogen and oxygen atoms in total. The van der Waals surface area contributed by atoms with Crippen LogP contribution in [0.1, 0.15) is 17.8 Å². The van der Waals surface area contributed by atoms with E-state index in [-0.39, 0.29) is 0 Å². The molecule has 0 radical (unpaired) electrons. The Labute approximate surface area is 94.9 Å². The first-order valence-corrected chi connectivity index (χ1v) is 5.43. The molecule has 0 spiro atoms. The molecule has 2 N–H and O–H groups in total. The van der Waals surface area contributed by atoms with Crippen LogP contribution >= 0.6 is 0 Å². The highest BCUT2D eigenvalue weighted by Crippen LogP contribution is 2.19. The predicted octanol–water partition coefficient (Wildman–Crippen LogP) is 0.657. The summed E-state index contributed by atoms with van der Waals surface area (Å²) in [5.41, 5.74) is 0.939. The molecule has 1 atom stereocenters. The first kappa shape index (κ1) is 11.3. The Morgan fingerprint density at radius 2 is 2.38 bits per heavy atom. The second kappa shape index (κ2) is 4.35. The van der Waals surface area contributed by atoms with E-state index in [9.17, 15) is 5.11 Å². The van der Waals surface area contributed by atoms with Crippen LogP contribution in [0.2, 0.25) is 0 Å². The lowest BCUT2D eigenvalue weighted by atomic mass is 10.0. The summed E-state index contributed by atoms with van der Waals surface area (Å²) >= 11 is 0. The van der Waals surface area contributed by atoms with Crippen molar-refractivity contribution in [2.75, 3.05) is 25.1 Å². The van der Waals surface area contributed by atoms with E-state index in [2.05, 4.69) is 15.3 Å². The number of nitrogens with zero attached hydrogens (tertiary/aromatic N) is 2. The van der Waals surface area contributed by atoms with Crippen LogP contribution in [0.4, 0.5) is 5.82 Å². The number of rotatable bonds is 3. The number of ether oxygens (including phenoxy) is 1. The lowest BCUT2D eigenvalue weighted by Crippen LogP contribution is -2.37. The maximum absolute atomic E-state index is 10.1. The van der Waals surface area contributed by atoms with Crippen molar-refractivity contribution in [1.29, 1.82) is 0 Å². The number of aromatic nitrogens is 2. The van der Waals surface area contributed by atoms with E-state index in [1.54, 1.807) is 6.20 Å². The molecule has 0 aliphatic carbocycles. The molecule has 1 fully saturated rings. The fraction of sp³-hybridized carbons (Fsp3) is 0.636. The third-order valence-corrected chi connectivity index (χ3v) is 2.74. The second-order valence-electron chi connectivity index (χ2n) is 4.33. The average molecular weight is 223 g/mol. The topological polar surface area (TPSA) is 67.3 Å². The monoisotopic (exact) mass is 223 g/mol. The highest BCUT2D eigenvalue weighted by molar-refractivity contribution is 5.40. The van der Waals surface area contributed by atoms with E-state index in [0.717, 1.165) is 17.2 Å². The van der Waals surface area contributed by atoms with Gasteiger partial charge >= 0.3 is 0 Å². The van der Waals surface area contributed by atoms with Gasteiger partial charge in [-0.05, 0) is 13.8 Å². The molecule has 1 aromatic heterocycles. The van der Waals surface area contributed by atoms with Gasteiger partial charge in [0.05, 0.1) is 18.0 Å². The highest BCUT2D eigenvalue weighted by atomic mass is 16.5. The van der Waals surface area contributed by atoms with Crippen molar-refractivity contribution in [3.8, 4) is 0 Å². The fourth-order valence-corrected chi connectivity index (χ4v) is 1.69. The third kappa shape index (κ3) is 2.48. The molecule has 2 heterocycles. The fourth-order valence-electron chi connectivity index (χ4n) is 1.69. The molecular formula is C11H17N3O2. The Morgan fingerprint density at radius 3 is 3.06 bits per heavy atom. The number of aliphatic hydroxyl groups is 1. The summed E-state index contributed by atoms with van der Waals surface area (Å²) in [5.74, 6) is 0.736. The summed E-state index contributed by atoms with van der Waals surface area (Å²) < 4.78 is 5.18. The molecule has 1 unspecified atom stereocenters. The Bertz CT molecular complexity index is 375. The summed E-state index contributed by atoms with van der Waals surface area (Å²) in [6.07, 6.45) is 2.40. The van der Waals surface area contributed by atoms with Crippen LogP contribution in [0.25, 0.3) is 0 Å². The maximum Gasteiger partial charge on any atom is 0.147 e. The van der Waals surface area contributed by atoms with Gasteiger partial charge in [0.15, 0.2) is 0 Å². The van der Waals surface area contributed by atoms with E-state index in [1.165, 1.54) is 0 Å². The molecule has 0 bridgehead atoms. The predicted molar refractivity (Wildman–Crippen MR) is 60.4 cm³/mol. The molecule has 88 valence electrons. The number of nitrogens with one attached hydrogen (secondary N) is 1. The molecule has 1 aliphatic rings. The van der Waals surface area contributed by atoms with E-state index in [1.807, 2.05) is 13.8 Å². The van der Waals surface area contributed by atoms with Crippen LogP contribution in [-0.4, -0.2) is 40.4 Å². The molecule has 1 aromatic rings. The highest BCUT2D eigenvalue weighted by Gasteiger charge is 2.32. The quantitative estimate of drug-likeness (QED) is 0.787. The van der Waals surface area contributed by atoms with Gasteiger partial charge in [0.1, 0.15) is 11.4 Å². The van der Waals surface area contributed by atoms with Crippen molar-refractivity contribution in [2.24, 2.45) is 0 Å². The van der Waals surface area contributed by atoms with Crippen molar-refractivity contribution in [3.63, 3.8) is 0 Å². The van der Waals surface area contributed by atoms with Gasteiger partial charge in [-0.1, -0.05) is 0 Å². The van der Waals surface area contributed by atoms with Crippen LogP contribution in [0.3, 0.4) is 0 Å². The Hall–Kier alpha value is -1.20. The summed E-state index contributed by atoms with van der Waals surface area (Å²) in [5, 5.41) is 13.2. The summed E-state index contributed by atoms with van der Waals surface area (Å²) in [6.45, 7) is 5.25. The summed E-state index contributed by atoms with van der Waals surface area (Å²) in [6, 6.07) is 0. The zero-order valence-corrected chi connectivity index (χ0v) is 9.66. The molecule has 1 aliphatic heterocycles. The van der Waals surface area contributed by atoms with Crippen LogP contribution in [0.5, 0.6) is 0 Å². The molecular weight excluding hydrogens is 206 g/mol. The van der Waals surface area contributed by atoms with Crippen LogP contribution in [-0.2, 0) is 4.74 Å². The first-order chi connectivity index (χ1) is 7.59. The molecule has 0 aromatic carbocycles. The van der Waals surface area contributed by atoms with Crippen LogP contribution < -0.4 is 5.32 Å². The number of hydrogen-bond acceptors (Lipinski definition) is 5. The summed E-state index contributed by atoms with van der Waals surface area (Å²) in [4.78, 5) is 8.55. The zero-order valence-electron chi connectivity index (χ0n) is 9.66. The molecule has 0 saturated carbocycles. The number of anilines is 1. The summed E-state index contributed by atoms with van der Waals surface area (Å²) in [7, 11) is 0. The average Bonchev–Trinajstić information content (AvgIpc) is 2.67. The number of hydrogen-bond donors (Lipinski definition) is 2. The Balaban J connectivity index is 2.01. The first-order valence-electron chi connectivity index (χ1n) is 5.43. The van der Waals surface area contributed by atoms with Gasteiger partial charge < -0.3 is 15.2 Å². The molecule has 1 saturated heterocycles. The van der Waals surface area contributed by atoms with Crippen molar-refractivity contribution in [1.82, 2.24) is 9.97 Å². The van der Waals surface area contributed by atoms with Gasteiger partial charge in [-0.2, -0.15) is 0 Å². The standard InChI is InChI=1S/C11H17N3O2/c1-8-5-12-9(2)10(14-8)13-6-11(15)3-4-16-7-11/h5,15H,3-4,6-7H2,1-2H3,(H,13,14). The van der Waals surface area contributed by atoms with Gasteiger partial charge in [-0.3, -0.25) is 4.98 Å². The minimum Gasteiger partial charge on any atom is -0.386 e. The molecule has 16 heavy (non-hydrogen) atoms. The lowest BCUT2D eigenvalue weighted by molar-refractivity contribution is 0.0381. The molecule has 2 rings (SSSR count). The molecule has 0 amide bonds. The van der Waals surface area contributed by atoms with Crippen molar-refractivity contribution in [3.05, 3.63) is 17.6 Å². The Morgan fingerprint density at radius 1 is 1.56 bits per heavy atom. The van der Waals surface area contributed by atoms with E-state index >= 15 is 0 Å². The van der Waals surface area contributed by atoms with Crippen molar-refractivity contribution in [2.45, 2.75) is 25.9 Å². The van der Waals surface area contributed by atoms with Gasteiger partial charge in [0.25, 0.3) is 0 Å². The van der Waals surface area contributed by atoms with Crippen LogP contribution in [0.15, 0.2) is 6.20 Å². The SMILES string of the molecule is Cc1cnc(C)c(NCC2(O)CCOC2)n1. The smallest absolute Gasteiger partial charge is 0.147 e. The van der Waals surface area contributed by atoms with Gasteiger partial charge in [0.2, 0.25) is 0 Å². The van der Waals surface area contributed by atoms with Gasteiger partial charge in [-0.15, -0.1) is 0 Å². The van der Waals surface area contributed by atoms with Crippen LogP contribution in [0, 0.1) is 13.8 Å². The van der Waals surface area contributed by atoms with Crippen molar-refractivity contribution >= 4 is 5.82 Å². The third-order valence-electron chi connectivity index (χ3n) is 2.74. The molecule has 5 heteroatoms.